The zero-order chi connectivity index (χ0) is 9.90. The van der Waals surface area contributed by atoms with Gasteiger partial charge in [0.1, 0.15) is 11.7 Å². The van der Waals surface area contributed by atoms with Crippen LogP contribution in [-0.4, -0.2) is 47.7 Å². The molecule has 0 amide bonds. The maximum atomic E-state index is 10.00. The number of nitrogens with one attached hydrogen (secondary N) is 1. The Kier molecular flexibility index (Phi) is 3.67. The van der Waals surface area contributed by atoms with Crippen molar-refractivity contribution in [2.24, 2.45) is 0 Å². The lowest BCUT2D eigenvalue weighted by Gasteiger charge is -2.37. The normalized spacial score (nSPS) is 35.3. The molecule has 0 aromatic heterocycles. The summed E-state index contributed by atoms with van der Waals surface area (Å²) < 4.78 is 5.05. The van der Waals surface area contributed by atoms with Crippen LogP contribution in [0, 0.1) is 0 Å². The van der Waals surface area contributed by atoms with E-state index in [1.54, 1.807) is 0 Å². The highest BCUT2D eigenvalue weighted by Crippen LogP contribution is 2.20. The van der Waals surface area contributed by atoms with E-state index in [-0.39, 0.29) is 6.61 Å². The predicted molar refractivity (Wildman–Crippen MR) is 49.5 cm³/mol. The van der Waals surface area contributed by atoms with Gasteiger partial charge in [0, 0.05) is 25.6 Å². The van der Waals surface area contributed by atoms with Gasteiger partial charge < -0.3 is 20.3 Å². The van der Waals surface area contributed by atoms with Crippen LogP contribution in [0.1, 0.15) is 20.3 Å². The first-order valence-electron chi connectivity index (χ1n) is 4.76. The minimum atomic E-state index is -1.01. The molecule has 78 valence electrons. The van der Waals surface area contributed by atoms with Crippen molar-refractivity contribution >= 4 is 0 Å². The van der Waals surface area contributed by atoms with E-state index in [1.807, 2.05) is 13.8 Å². The molecule has 0 unspecified atom stereocenters. The maximum Gasteiger partial charge on any atom is 0.107 e. The largest absolute Gasteiger partial charge is 0.388 e. The van der Waals surface area contributed by atoms with E-state index in [2.05, 4.69) is 5.32 Å². The molecule has 0 saturated carbocycles. The predicted octanol–water partition coefficient (Wildman–Crippen LogP) is -0.503. The third-order valence-electron chi connectivity index (χ3n) is 2.39. The molecule has 4 nitrogen and oxygen atoms in total. The SMILES string of the molecule is CC(C)NC[C@@]1(O)CCOC[C@H]1O. The molecule has 0 bridgehead atoms. The number of hydrogen-bond acceptors (Lipinski definition) is 4. The monoisotopic (exact) mass is 189 g/mol. The van der Waals surface area contributed by atoms with Gasteiger partial charge in [0.15, 0.2) is 0 Å². The first-order valence-corrected chi connectivity index (χ1v) is 4.76. The van der Waals surface area contributed by atoms with E-state index in [4.69, 9.17) is 4.74 Å². The summed E-state index contributed by atoms with van der Waals surface area (Å²) in [5, 5.41) is 22.6. The summed E-state index contributed by atoms with van der Waals surface area (Å²) in [6, 6.07) is 0.319. The molecule has 0 spiro atoms. The molecule has 13 heavy (non-hydrogen) atoms. The smallest absolute Gasteiger partial charge is 0.107 e. The van der Waals surface area contributed by atoms with Crippen LogP contribution in [0.15, 0.2) is 0 Å². The van der Waals surface area contributed by atoms with Crippen LogP contribution >= 0.6 is 0 Å². The summed E-state index contributed by atoms with van der Waals surface area (Å²) in [5.41, 5.74) is -1.01. The molecule has 4 heteroatoms. The van der Waals surface area contributed by atoms with Crippen molar-refractivity contribution < 1.29 is 14.9 Å². The molecule has 0 radical (unpaired) electrons. The number of ether oxygens (including phenoxy) is 1. The molecule has 2 atom stereocenters. The maximum absolute atomic E-state index is 10.00. The second kappa shape index (κ2) is 4.37. The molecular weight excluding hydrogens is 170 g/mol. The first kappa shape index (κ1) is 10.9. The van der Waals surface area contributed by atoms with Gasteiger partial charge in [-0.3, -0.25) is 0 Å². The number of aliphatic hydroxyl groups excluding tert-OH is 1. The second-order valence-corrected chi connectivity index (χ2v) is 3.98. The van der Waals surface area contributed by atoms with E-state index < -0.39 is 11.7 Å². The van der Waals surface area contributed by atoms with Gasteiger partial charge in [-0.25, -0.2) is 0 Å². The number of rotatable bonds is 3. The Morgan fingerprint density at radius 1 is 1.62 bits per heavy atom. The van der Waals surface area contributed by atoms with Crippen molar-refractivity contribution in [3.8, 4) is 0 Å². The molecule has 0 aromatic rings. The Hall–Kier alpha value is -0.160. The molecule has 1 fully saturated rings. The minimum Gasteiger partial charge on any atom is -0.388 e. The Balaban J connectivity index is 2.42. The molecule has 0 aliphatic carbocycles. The minimum absolute atomic E-state index is 0.232. The van der Waals surface area contributed by atoms with Crippen LogP contribution in [0.4, 0.5) is 0 Å². The van der Waals surface area contributed by atoms with Crippen LogP contribution < -0.4 is 5.32 Å². The molecule has 3 N–H and O–H groups in total. The lowest BCUT2D eigenvalue weighted by atomic mass is 9.91. The van der Waals surface area contributed by atoms with Crippen LogP contribution in [0.3, 0.4) is 0 Å². The van der Waals surface area contributed by atoms with E-state index in [9.17, 15) is 10.2 Å². The molecular formula is C9H19NO3. The summed E-state index contributed by atoms with van der Waals surface area (Å²) in [7, 11) is 0. The van der Waals surface area contributed by atoms with Crippen molar-refractivity contribution in [1.82, 2.24) is 5.32 Å². The Morgan fingerprint density at radius 3 is 2.85 bits per heavy atom. The molecule has 1 aliphatic rings. The van der Waals surface area contributed by atoms with Gasteiger partial charge in [-0.2, -0.15) is 0 Å². The van der Waals surface area contributed by atoms with Gasteiger partial charge in [-0.05, 0) is 0 Å². The van der Waals surface area contributed by atoms with Crippen molar-refractivity contribution in [2.75, 3.05) is 19.8 Å². The fraction of sp³-hybridized carbons (Fsp3) is 1.00. The fourth-order valence-corrected chi connectivity index (χ4v) is 1.35. The van der Waals surface area contributed by atoms with E-state index in [0.29, 0.717) is 25.6 Å². The van der Waals surface area contributed by atoms with Crippen LogP contribution in [-0.2, 0) is 4.74 Å². The van der Waals surface area contributed by atoms with Gasteiger partial charge in [-0.1, -0.05) is 13.8 Å². The summed E-state index contributed by atoms with van der Waals surface area (Å²) in [6.07, 6.45) is -0.277. The Labute approximate surface area is 78.9 Å². The zero-order valence-electron chi connectivity index (χ0n) is 8.29. The summed E-state index contributed by atoms with van der Waals surface area (Å²) in [5.74, 6) is 0. The van der Waals surface area contributed by atoms with Crippen LogP contribution in [0.2, 0.25) is 0 Å². The molecule has 1 rings (SSSR count). The molecule has 1 saturated heterocycles. The molecule has 1 heterocycles. The third-order valence-corrected chi connectivity index (χ3v) is 2.39. The van der Waals surface area contributed by atoms with E-state index in [0.717, 1.165) is 0 Å². The van der Waals surface area contributed by atoms with Crippen molar-refractivity contribution in [2.45, 2.75) is 38.0 Å². The number of aliphatic hydroxyl groups is 2. The van der Waals surface area contributed by atoms with Crippen molar-refractivity contribution in [1.29, 1.82) is 0 Å². The Morgan fingerprint density at radius 2 is 2.31 bits per heavy atom. The van der Waals surface area contributed by atoms with Crippen LogP contribution in [0.5, 0.6) is 0 Å². The highest BCUT2D eigenvalue weighted by atomic mass is 16.5. The van der Waals surface area contributed by atoms with Gasteiger partial charge in [0.2, 0.25) is 0 Å². The topological polar surface area (TPSA) is 61.7 Å². The average Bonchev–Trinajstić information content (AvgIpc) is 2.07. The quantitative estimate of drug-likeness (QED) is 0.560. The van der Waals surface area contributed by atoms with Gasteiger partial charge in [0.25, 0.3) is 0 Å². The summed E-state index contributed by atoms with van der Waals surface area (Å²) in [4.78, 5) is 0. The highest BCUT2D eigenvalue weighted by Gasteiger charge is 2.38. The fourth-order valence-electron chi connectivity index (χ4n) is 1.35. The summed E-state index contributed by atoms with van der Waals surface area (Å²) >= 11 is 0. The zero-order valence-corrected chi connectivity index (χ0v) is 8.29. The van der Waals surface area contributed by atoms with Crippen molar-refractivity contribution in [3.63, 3.8) is 0 Å². The van der Waals surface area contributed by atoms with E-state index in [1.165, 1.54) is 0 Å². The standard InChI is InChI=1S/C9H19NO3/c1-7(2)10-6-9(12)3-4-13-5-8(9)11/h7-8,10-12H,3-6H2,1-2H3/t8-,9+/m1/s1. The highest BCUT2D eigenvalue weighted by molar-refractivity contribution is 4.91. The van der Waals surface area contributed by atoms with Crippen molar-refractivity contribution in [3.05, 3.63) is 0 Å². The first-order chi connectivity index (χ1) is 6.04. The van der Waals surface area contributed by atoms with Gasteiger partial charge >= 0.3 is 0 Å². The third kappa shape index (κ3) is 2.91. The summed E-state index contributed by atoms with van der Waals surface area (Å²) in [6.45, 7) is 5.20. The average molecular weight is 189 g/mol. The number of hydrogen-bond donors (Lipinski definition) is 3. The van der Waals surface area contributed by atoms with E-state index >= 15 is 0 Å². The lowest BCUT2D eigenvalue weighted by molar-refractivity contribution is -0.150. The second-order valence-electron chi connectivity index (χ2n) is 3.98. The van der Waals surface area contributed by atoms with Gasteiger partial charge in [-0.15, -0.1) is 0 Å². The van der Waals surface area contributed by atoms with Crippen LogP contribution in [0.25, 0.3) is 0 Å². The Bertz CT molecular complexity index is 163. The lowest BCUT2D eigenvalue weighted by Crippen LogP contribution is -2.56. The molecule has 0 aromatic carbocycles. The molecule has 1 aliphatic heterocycles. The van der Waals surface area contributed by atoms with Gasteiger partial charge in [0.05, 0.1) is 6.61 Å².